The van der Waals surface area contributed by atoms with E-state index in [1.165, 1.54) is 81.1 Å². The summed E-state index contributed by atoms with van der Waals surface area (Å²) in [6.07, 6.45) is 8.97. The average molecular weight is 1090 g/mol. The second kappa shape index (κ2) is 18.8. The Morgan fingerprint density at radius 3 is 2.14 bits per heavy atom. The van der Waals surface area contributed by atoms with E-state index in [9.17, 15) is 0 Å². The Bertz CT molecular complexity index is 3640. The molecule has 0 spiro atoms. The van der Waals surface area contributed by atoms with Crippen molar-refractivity contribution in [3.05, 3.63) is 193 Å². The first-order valence-corrected chi connectivity index (χ1v) is 27.8. The molecule has 0 amide bonds. The van der Waals surface area contributed by atoms with Crippen molar-refractivity contribution in [2.24, 2.45) is 5.92 Å². The summed E-state index contributed by atoms with van der Waals surface area (Å²) >= 11 is 0. The largest absolute Gasteiger partial charge is 0.501 e. The second-order valence-corrected chi connectivity index (χ2v) is 25.8. The molecule has 0 saturated heterocycles. The van der Waals surface area contributed by atoms with Crippen LogP contribution in [-0.2, 0) is 31.9 Å². The van der Waals surface area contributed by atoms with E-state index in [0.717, 1.165) is 67.2 Å². The third kappa shape index (κ3) is 8.91. The summed E-state index contributed by atoms with van der Waals surface area (Å²) in [6, 6.07) is 64.7. The minimum Gasteiger partial charge on any atom is -0.501 e. The molecular weight excluding hydrogens is 1040 g/mol. The van der Waals surface area contributed by atoms with Gasteiger partial charge in [-0.2, -0.15) is 0 Å². The zero-order valence-electron chi connectivity index (χ0n) is 40.4. The fourth-order valence-electron chi connectivity index (χ4n) is 10.5. The normalized spacial score (nSPS) is 13.3. The van der Waals surface area contributed by atoms with Crippen LogP contribution < -0.4 is 5.19 Å². The molecule has 0 aliphatic heterocycles. The molecule has 3 aromatic heterocycles. The molecule has 0 atom stereocenters. The van der Waals surface area contributed by atoms with Gasteiger partial charge in [0.25, 0.3) is 0 Å². The monoisotopic (exact) mass is 1090 g/mol. The van der Waals surface area contributed by atoms with Gasteiger partial charge < -0.3 is 14.0 Å². The number of para-hydroxylation sites is 3. The number of rotatable bonds is 7. The number of furan rings is 1. The number of benzene rings is 8. The number of imidazole rings is 1. The Kier molecular flexibility index (Phi) is 12.6. The molecule has 1 aliphatic rings. The number of hydrogen-bond donors (Lipinski definition) is 0. The number of fused-ring (bicyclic) bond motifs is 7. The van der Waals surface area contributed by atoms with Gasteiger partial charge in [-0.1, -0.05) is 203 Å². The van der Waals surface area contributed by atoms with Gasteiger partial charge in [-0.3, -0.25) is 4.98 Å². The van der Waals surface area contributed by atoms with E-state index in [0.29, 0.717) is 0 Å². The summed E-state index contributed by atoms with van der Waals surface area (Å²) < 4.78 is 8.69. The third-order valence-corrected chi connectivity index (χ3v) is 16.1. The van der Waals surface area contributed by atoms with Gasteiger partial charge >= 0.3 is 0 Å². The van der Waals surface area contributed by atoms with Crippen molar-refractivity contribution < 1.29 is 24.5 Å². The van der Waals surface area contributed by atoms with E-state index in [4.69, 9.17) is 14.4 Å². The molecule has 1 fully saturated rings. The molecule has 11 aromatic rings. The molecule has 69 heavy (non-hydrogen) atoms. The Hall–Kier alpha value is -6.43. The second-order valence-electron chi connectivity index (χ2n) is 20.7. The summed E-state index contributed by atoms with van der Waals surface area (Å²) in [7, 11) is -1.44. The molecule has 4 nitrogen and oxygen atoms in total. The molecule has 345 valence electrons. The smallest absolute Gasteiger partial charge is 0.120 e. The van der Waals surface area contributed by atoms with Gasteiger partial charge in [0, 0.05) is 42.9 Å². The van der Waals surface area contributed by atoms with Crippen LogP contribution in [-0.4, -0.2) is 22.6 Å². The summed E-state index contributed by atoms with van der Waals surface area (Å²) in [5, 5.41) is 8.82. The van der Waals surface area contributed by atoms with Crippen molar-refractivity contribution in [3.63, 3.8) is 0 Å². The van der Waals surface area contributed by atoms with Gasteiger partial charge in [-0.25, -0.2) is 0 Å². The number of pyridine rings is 1. The quantitative estimate of drug-likeness (QED) is 0.0907. The van der Waals surface area contributed by atoms with Gasteiger partial charge in [-0.05, 0) is 80.9 Å². The minimum atomic E-state index is -1.44. The summed E-state index contributed by atoms with van der Waals surface area (Å²) in [6.45, 7) is 14.1. The van der Waals surface area contributed by atoms with Crippen LogP contribution in [0.4, 0.5) is 0 Å². The summed E-state index contributed by atoms with van der Waals surface area (Å²) in [4.78, 5) is 10.1. The minimum absolute atomic E-state index is 0. The SMILES string of the molecule is CC(C)(C)c1ccc(-n2c(-c3[c-]ccc4c3oc3ccccc34)nc3ccccc32)c(-c2ccccc2)c1.C[Si](C)(C)c1cnc(-c2[c-]ccc3c2ccc2ccccc23)cc1CC1CCCC1.[Ir]. The molecule has 8 aromatic carbocycles. The zero-order valence-corrected chi connectivity index (χ0v) is 43.8. The molecular formula is C63H57IrN3OSi-2. The molecule has 12 rings (SSSR count). The predicted molar refractivity (Wildman–Crippen MR) is 289 cm³/mol. The van der Waals surface area contributed by atoms with Crippen LogP contribution in [0.2, 0.25) is 19.6 Å². The topological polar surface area (TPSA) is 43.9 Å². The number of nitrogens with zero attached hydrogens (tertiary/aromatic N) is 3. The van der Waals surface area contributed by atoms with Crippen molar-refractivity contribution in [3.8, 4) is 39.5 Å². The van der Waals surface area contributed by atoms with Crippen LogP contribution >= 0.6 is 0 Å². The molecule has 1 radical (unpaired) electrons. The Morgan fingerprint density at radius 1 is 0.667 bits per heavy atom. The fourth-order valence-corrected chi connectivity index (χ4v) is 12.1. The van der Waals surface area contributed by atoms with E-state index in [-0.39, 0.29) is 25.5 Å². The van der Waals surface area contributed by atoms with Crippen LogP contribution in [0.15, 0.2) is 174 Å². The number of aromatic nitrogens is 3. The average Bonchev–Trinajstić information content (AvgIpc) is 4.11. The van der Waals surface area contributed by atoms with E-state index in [1.54, 1.807) is 0 Å². The third-order valence-electron chi connectivity index (χ3n) is 14.1. The Labute approximate surface area is 420 Å². The predicted octanol–water partition coefficient (Wildman–Crippen LogP) is 16.5. The van der Waals surface area contributed by atoms with Gasteiger partial charge in [-0.15, -0.1) is 42.0 Å². The van der Waals surface area contributed by atoms with Crippen molar-refractivity contribution in [2.45, 2.75) is 77.9 Å². The van der Waals surface area contributed by atoms with Crippen molar-refractivity contribution in [2.75, 3.05) is 0 Å². The maximum Gasteiger partial charge on any atom is 0.120 e. The van der Waals surface area contributed by atoms with E-state index >= 15 is 0 Å². The fraction of sp³-hybridized carbons (Fsp3) is 0.206. The van der Waals surface area contributed by atoms with Crippen molar-refractivity contribution >= 4 is 67.8 Å². The van der Waals surface area contributed by atoms with Crippen molar-refractivity contribution in [1.29, 1.82) is 0 Å². The Morgan fingerprint density at radius 2 is 1.36 bits per heavy atom. The van der Waals surface area contributed by atoms with E-state index in [2.05, 4.69) is 197 Å². The summed E-state index contributed by atoms with van der Waals surface area (Å²) in [5.41, 5.74) is 13.0. The first kappa shape index (κ1) is 46.3. The first-order valence-electron chi connectivity index (χ1n) is 24.3. The van der Waals surface area contributed by atoms with Gasteiger partial charge in [0.1, 0.15) is 5.58 Å². The van der Waals surface area contributed by atoms with Crippen LogP contribution in [0.1, 0.15) is 57.6 Å². The van der Waals surface area contributed by atoms with E-state index in [1.807, 2.05) is 30.3 Å². The standard InChI is InChI=1S/C35H27N2O.C28H30NSi.Ir/c1-35(2,3)24-20-21-30(28(22-24)23-12-5-4-6-13-23)37-31-18-9-8-17-29(31)36-34(37)27-16-11-15-26-25-14-7-10-19-32(25)38-33(26)27;1-30(2,3)28-19-29-27(18-22(28)17-20-9-4-5-10-20)26-14-8-13-24-23-12-7-6-11-21(23)15-16-25(24)26;/h4-15,17-22H,1-3H3;6-8,11-13,15-16,18-20H,4-5,9-10,17H2,1-3H3;/q2*-1;. The van der Waals surface area contributed by atoms with Crippen LogP contribution in [0.25, 0.3) is 94.0 Å². The van der Waals surface area contributed by atoms with Gasteiger partial charge in [0.05, 0.1) is 30.5 Å². The number of hydrogen-bond acceptors (Lipinski definition) is 3. The maximum atomic E-state index is 6.42. The van der Waals surface area contributed by atoms with Crippen LogP contribution in [0.3, 0.4) is 0 Å². The molecule has 6 heteroatoms. The van der Waals surface area contributed by atoms with Crippen LogP contribution in [0, 0.1) is 18.1 Å². The first-order chi connectivity index (χ1) is 33.0. The zero-order chi connectivity index (χ0) is 46.6. The molecule has 0 unspecified atom stereocenters. The molecule has 1 saturated carbocycles. The molecule has 3 heterocycles. The van der Waals surface area contributed by atoms with Gasteiger partial charge in [0.15, 0.2) is 0 Å². The molecule has 0 N–H and O–H groups in total. The summed E-state index contributed by atoms with van der Waals surface area (Å²) in [5.74, 6) is 1.66. The van der Waals surface area contributed by atoms with Crippen LogP contribution in [0.5, 0.6) is 0 Å². The maximum absolute atomic E-state index is 6.42. The van der Waals surface area contributed by atoms with Crippen molar-refractivity contribution in [1.82, 2.24) is 14.5 Å². The van der Waals surface area contributed by atoms with E-state index < -0.39 is 8.07 Å². The molecule has 1 aliphatic carbocycles. The molecule has 0 bridgehead atoms. The van der Waals surface area contributed by atoms with Gasteiger partial charge in [0.2, 0.25) is 0 Å². The Balaban J connectivity index is 0.000000162.